The molecule has 1 fully saturated rings. The number of carbonyl (C=O) groups is 1. The number of amides is 1. The molecule has 0 atom stereocenters. The first-order chi connectivity index (χ1) is 14.5. The fourth-order valence-electron chi connectivity index (χ4n) is 3.39. The van der Waals surface area contributed by atoms with E-state index in [-0.39, 0.29) is 11.8 Å². The van der Waals surface area contributed by atoms with E-state index < -0.39 is 0 Å². The Morgan fingerprint density at radius 3 is 2.40 bits per heavy atom. The van der Waals surface area contributed by atoms with E-state index in [4.69, 9.17) is 4.74 Å². The molecule has 1 aliphatic rings. The number of aryl methyl sites for hydroxylation is 2. The predicted octanol–water partition coefficient (Wildman–Crippen LogP) is 3.94. The molecule has 1 amide bonds. The summed E-state index contributed by atoms with van der Waals surface area (Å²) in [5.41, 5.74) is 3.57. The Hall–Kier alpha value is -3.25. The van der Waals surface area contributed by atoms with E-state index in [1.165, 1.54) is 5.56 Å². The van der Waals surface area contributed by atoms with E-state index in [0.29, 0.717) is 30.2 Å². The first-order valence-electron chi connectivity index (χ1n) is 10.2. The molecule has 4 rings (SSSR count). The van der Waals surface area contributed by atoms with Gasteiger partial charge in [0.1, 0.15) is 11.3 Å². The number of ether oxygens (including phenoxy) is 1. The lowest BCUT2D eigenvalue weighted by Gasteiger charge is -2.32. The average Bonchev–Trinajstić information content (AvgIpc) is 2.77. The van der Waals surface area contributed by atoms with Crippen LogP contribution in [0.1, 0.15) is 21.5 Å². The number of hydrogen-bond acceptors (Lipinski definition) is 5. The molecule has 2 heterocycles. The van der Waals surface area contributed by atoms with Crippen LogP contribution in [0, 0.1) is 13.8 Å². The minimum absolute atomic E-state index is 0.0958. The van der Waals surface area contributed by atoms with Crippen molar-refractivity contribution in [1.82, 2.24) is 19.8 Å². The largest absolute Gasteiger partial charge is 0.438 e. The number of hydrogen-bond donors (Lipinski definition) is 0. The van der Waals surface area contributed by atoms with Gasteiger partial charge in [0, 0.05) is 37.9 Å². The molecular weight excluding hydrogens is 376 g/mol. The molecule has 0 unspecified atom stereocenters. The molecule has 1 saturated heterocycles. The Balaban J connectivity index is 1.71. The normalized spacial score (nSPS) is 14.6. The summed E-state index contributed by atoms with van der Waals surface area (Å²) in [6, 6.07) is 15.6. The van der Waals surface area contributed by atoms with Crippen molar-refractivity contribution in [3.63, 3.8) is 0 Å². The van der Waals surface area contributed by atoms with Gasteiger partial charge >= 0.3 is 0 Å². The topological polar surface area (TPSA) is 58.6 Å². The Morgan fingerprint density at radius 2 is 1.70 bits per heavy atom. The Kier molecular flexibility index (Phi) is 5.77. The summed E-state index contributed by atoms with van der Waals surface area (Å²) >= 11 is 0. The van der Waals surface area contributed by atoms with E-state index in [9.17, 15) is 4.79 Å². The van der Waals surface area contributed by atoms with Crippen molar-refractivity contribution < 1.29 is 9.53 Å². The van der Waals surface area contributed by atoms with E-state index in [1.54, 1.807) is 6.20 Å². The molecule has 1 aliphatic heterocycles. The smallest absolute Gasteiger partial charge is 0.261 e. The fourth-order valence-corrected chi connectivity index (χ4v) is 3.39. The van der Waals surface area contributed by atoms with Gasteiger partial charge in [0.15, 0.2) is 5.82 Å². The molecule has 0 saturated carbocycles. The number of benzene rings is 2. The van der Waals surface area contributed by atoms with Gasteiger partial charge in [-0.15, -0.1) is 0 Å². The molecule has 154 valence electrons. The van der Waals surface area contributed by atoms with Gasteiger partial charge in [-0.05, 0) is 44.2 Å². The molecular formula is C24H26N4O2. The number of likely N-dealkylation sites (N-methyl/N-ethyl adjacent to an activating group) is 1. The first kappa shape index (κ1) is 20.0. The zero-order valence-electron chi connectivity index (χ0n) is 17.6. The van der Waals surface area contributed by atoms with Crippen LogP contribution in [0.25, 0.3) is 11.4 Å². The van der Waals surface area contributed by atoms with Crippen molar-refractivity contribution in [2.24, 2.45) is 0 Å². The summed E-state index contributed by atoms with van der Waals surface area (Å²) in [6.45, 7) is 7.15. The summed E-state index contributed by atoms with van der Waals surface area (Å²) in [6.07, 6.45) is 1.59. The highest BCUT2D eigenvalue weighted by Crippen LogP contribution is 2.28. The molecule has 0 radical (unpaired) electrons. The number of carbonyl (C=O) groups excluding carboxylic acids is 1. The van der Waals surface area contributed by atoms with Crippen molar-refractivity contribution in [2.45, 2.75) is 13.8 Å². The molecule has 0 spiro atoms. The molecule has 6 nitrogen and oxygen atoms in total. The van der Waals surface area contributed by atoms with Crippen LogP contribution >= 0.6 is 0 Å². The number of aromatic nitrogens is 2. The maximum absolute atomic E-state index is 13.2. The van der Waals surface area contributed by atoms with Crippen molar-refractivity contribution in [2.75, 3.05) is 33.2 Å². The third-order valence-corrected chi connectivity index (χ3v) is 5.50. The Morgan fingerprint density at radius 1 is 0.967 bits per heavy atom. The van der Waals surface area contributed by atoms with E-state index in [2.05, 4.69) is 28.8 Å². The fraction of sp³-hybridized carbons (Fsp3) is 0.292. The van der Waals surface area contributed by atoms with Crippen LogP contribution in [0.3, 0.4) is 0 Å². The minimum atomic E-state index is -0.0958. The SMILES string of the molecule is Cc1ccc(Oc2nc(-c3ccccc3)ncc2C(=O)N2CCN(C)CC2)cc1C. The second-order valence-electron chi connectivity index (χ2n) is 7.72. The summed E-state index contributed by atoms with van der Waals surface area (Å²) in [5.74, 6) is 1.38. The lowest BCUT2D eigenvalue weighted by atomic mass is 10.1. The van der Waals surface area contributed by atoms with Gasteiger partial charge in [-0.2, -0.15) is 4.98 Å². The highest BCUT2D eigenvalue weighted by atomic mass is 16.5. The van der Waals surface area contributed by atoms with Gasteiger partial charge in [0.25, 0.3) is 5.91 Å². The number of piperazine rings is 1. The van der Waals surface area contributed by atoms with Gasteiger partial charge in [0.2, 0.25) is 5.88 Å². The van der Waals surface area contributed by atoms with Crippen molar-refractivity contribution in [1.29, 1.82) is 0 Å². The third-order valence-electron chi connectivity index (χ3n) is 5.50. The zero-order chi connectivity index (χ0) is 21.1. The van der Waals surface area contributed by atoms with Crippen LogP contribution in [-0.2, 0) is 0 Å². The van der Waals surface area contributed by atoms with Crippen LogP contribution in [0.4, 0.5) is 0 Å². The zero-order valence-corrected chi connectivity index (χ0v) is 17.6. The monoisotopic (exact) mass is 402 g/mol. The van der Waals surface area contributed by atoms with Crippen molar-refractivity contribution in [3.05, 3.63) is 71.4 Å². The van der Waals surface area contributed by atoms with Crippen molar-refractivity contribution >= 4 is 5.91 Å². The Bertz CT molecular complexity index is 1040. The van der Waals surface area contributed by atoms with Gasteiger partial charge < -0.3 is 14.5 Å². The van der Waals surface area contributed by atoms with Crippen LogP contribution in [0.2, 0.25) is 0 Å². The molecule has 0 aliphatic carbocycles. The molecule has 6 heteroatoms. The molecule has 30 heavy (non-hydrogen) atoms. The highest BCUT2D eigenvalue weighted by Gasteiger charge is 2.25. The summed E-state index contributed by atoms with van der Waals surface area (Å²) < 4.78 is 6.13. The summed E-state index contributed by atoms with van der Waals surface area (Å²) in [5, 5.41) is 0. The highest BCUT2D eigenvalue weighted by molar-refractivity contribution is 5.96. The molecule has 1 aromatic heterocycles. The van der Waals surface area contributed by atoms with E-state index in [0.717, 1.165) is 24.2 Å². The lowest BCUT2D eigenvalue weighted by Crippen LogP contribution is -2.47. The van der Waals surface area contributed by atoms with Crippen LogP contribution < -0.4 is 4.74 Å². The van der Waals surface area contributed by atoms with Crippen LogP contribution in [0.5, 0.6) is 11.6 Å². The summed E-state index contributed by atoms with van der Waals surface area (Å²) in [4.78, 5) is 26.4. The lowest BCUT2D eigenvalue weighted by molar-refractivity contribution is 0.0660. The number of rotatable bonds is 4. The summed E-state index contributed by atoms with van der Waals surface area (Å²) in [7, 11) is 2.06. The standard InChI is InChI=1S/C24H26N4O2/c1-17-9-10-20(15-18(17)2)30-23-21(24(29)28-13-11-27(3)12-14-28)16-25-22(26-23)19-7-5-4-6-8-19/h4-10,15-16H,11-14H2,1-3H3. The van der Waals surface area contributed by atoms with Gasteiger partial charge in [0.05, 0.1) is 0 Å². The molecule has 0 bridgehead atoms. The molecule has 3 aromatic rings. The van der Waals surface area contributed by atoms with E-state index >= 15 is 0 Å². The maximum Gasteiger partial charge on any atom is 0.261 e. The van der Waals surface area contributed by atoms with Gasteiger partial charge in [-0.25, -0.2) is 4.98 Å². The molecule has 0 N–H and O–H groups in total. The first-order valence-corrected chi connectivity index (χ1v) is 10.2. The average molecular weight is 402 g/mol. The maximum atomic E-state index is 13.2. The predicted molar refractivity (Wildman–Crippen MR) is 117 cm³/mol. The van der Waals surface area contributed by atoms with Gasteiger partial charge in [-0.3, -0.25) is 4.79 Å². The second kappa shape index (κ2) is 8.63. The van der Waals surface area contributed by atoms with Crippen molar-refractivity contribution in [3.8, 4) is 23.0 Å². The van der Waals surface area contributed by atoms with E-state index in [1.807, 2.05) is 60.4 Å². The molecule has 2 aromatic carbocycles. The Labute approximate surface area is 177 Å². The minimum Gasteiger partial charge on any atom is -0.438 e. The second-order valence-corrected chi connectivity index (χ2v) is 7.72. The quantitative estimate of drug-likeness (QED) is 0.662. The van der Waals surface area contributed by atoms with Crippen LogP contribution in [-0.4, -0.2) is 58.9 Å². The third kappa shape index (κ3) is 4.33. The number of nitrogens with zero attached hydrogens (tertiary/aromatic N) is 4. The van der Waals surface area contributed by atoms with Gasteiger partial charge in [-0.1, -0.05) is 36.4 Å². The van der Waals surface area contributed by atoms with Crippen LogP contribution in [0.15, 0.2) is 54.7 Å².